The predicted molar refractivity (Wildman–Crippen MR) is 73.9 cm³/mol. The second kappa shape index (κ2) is 5.00. The van der Waals surface area contributed by atoms with E-state index in [0.29, 0.717) is 0 Å². The third-order valence-corrected chi connectivity index (χ3v) is 3.50. The largest absolute Gasteiger partial charge is 0.444 e. The Kier molecular flexibility index (Phi) is 3.72. The number of rotatable bonds is 3. The van der Waals surface area contributed by atoms with Gasteiger partial charge in [0, 0.05) is 5.92 Å². The van der Waals surface area contributed by atoms with Gasteiger partial charge in [-0.15, -0.1) is 0 Å². The number of amides is 1. The second-order valence-electron chi connectivity index (χ2n) is 6.16. The molecule has 1 saturated heterocycles. The minimum atomic E-state index is -0.487. The summed E-state index contributed by atoms with van der Waals surface area (Å²) in [7, 11) is 0. The van der Waals surface area contributed by atoms with Crippen LogP contribution in [0.5, 0.6) is 0 Å². The van der Waals surface area contributed by atoms with Crippen molar-refractivity contribution in [2.24, 2.45) is 5.92 Å². The summed E-state index contributed by atoms with van der Waals surface area (Å²) >= 11 is 0. The van der Waals surface area contributed by atoms with E-state index >= 15 is 0 Å². The van der Waals surface area contributed by atoms with Gasteiger partial charge in [-0.2, -0.15) is 0 Å². The fourth-order valence-corrected chi connectivity index (χ4v) is 2.47. The molecule has 2 aliphatic rings. The van der Waals surface area contributed by atoms with Crippen LogP contribution < -0.4 is 5.32 Å². The van der Waals surface area contributed by atoms with Gasteiger partial charge < -0.3 is 14.8 Å². The van der Waals surface area contributed by atoms with E-state index in [0.717, 1.165) is 13.0 Å². The summed E-state index contributed by atoms with van der Waals surface area (Å²) < 4.78 is 10.8. The van der Waals surface area contributed by atoms with Crippen molar-refractivity contribution in [1.29, 1.82) is 0 Å². The molecule has 1 N–H and O–H groups in total. The number of carbonyl (C=O) groups is 1. The van der Waals surface area contributed by atoms with Crippen LogP contribution in [0.3, 0.4) is 0 Å². The SMILES string of the molecule is CC[C@]1(NC(=O)OC(C)(C)C)C=CC=CC1C1CO1. The van der Waals surface area contributed by atoms with Gasteiger partial charge in [-0.25, -0.2) is 4.79 Å². The topological polar surface area (TPSA) is 50.9 Å². The maximum atomic E-state index is 12.0. The molecule has 19 heavy (non-hydrogen) atoms. The van der Waals surface area contributed by atoms with Crippen molar-refractivity contribution in [2.75, 3.05) is 6.61 Å². The molecular formula is C15H23NO3. The van der Waals surface area contributed by atoms with Crippen LogP contribution >= 0.6 is 0 Å². The van der Waals surface area contributed by atoms with Crippen LogP contribution in [0.15, 0.2) is 24.3 Å². The lowest BCUT2D eigenvalue weighted by Gasteiger charge is -2.38. The first-order valence-corrected chi connectivity index (χ1v) is 6.85. The number of carbonyl (C=O) groups excluding carboxylic acids is 1. The van der Waals surface area contributed by atoms with Gasteiger partial charge in [-0.1, -0.05) is 31.2 Å². The van der Waals surface area contributed by atoms with Crippen LogP contribution in [0.4, 0.5) is 4.79 Å². The molecule has 106 valence electrons. The van der Waals surface area contributed by atoms with Crippen molar-refractivity contribution in [3.8, 4) is 0 Å². The molecular weight excluding hydrogens is 242 g/mol. The number of ether oxygens (including phenoxy) is 2. The summed E-state index contributed by atoms with van der Waals surface area (Å²) in [5.74, 6) is 0.176. The number of epoxide rings is 1. The van der Waals surface area contributed by atoms with Crippen LogP contribution in [0, 0.1) is 5.92 Å². The minimum absolute atomic E-state index is 0.176. The average Bonchev–Trinajstić information content (AvgIpc) is 3.10. The molecule has 0 aromatic rings. The van der Waals surface area contributed by atoms with Gasteiger partial charge in [0.05, 0.1) is 18.2 Å². The molecule has 2 rings (SSSR count). The first-order valence-electron chi connectivity index (χ1n) is 6.85. The summed E-state index contributed by atoms with van der Waals surface area (Å²) in [6, 6.07) is 0. The predicted octanol–water partition coefficient (Wildman–Crippen LogP) is 2.80. The highest BCUT2D eigenvalue weighted by atomic mass is 16.6. The molecule has 1 heterocycles. The Balaban J connectivity index is 2.10. The molecule has 1 aliphatic heterocycles. The van der Waals surface area contributed by atoms with Crippen molar-refractivity contribution in [2.45, 2.75) is 51.4 Å². The molecule has 0 spiro atoms. The molecule has 0 bridgehead atoms. The van der Waals surface area contributed by atoms with Crippen molar-refractivity contribution in [1.82, 2.24) is 5.32 Å². The summed E-state index contributed by atoms with van der Waals surface area (Å²) in [4.78, 5) is 12.0. The summed E-state index contributed by atoms with van der Waals surface area (Å²) in [6.45, 7) is 8.42. The van der Waals surface area contributed by atoms with Crippen molar-refractivity contribution >= 4 is 6.09 Å². The van der Waals surface area contributed by atoms with Gasteiger partial charge in [0.2, 0.25) is 0 Å². The Morgan fingerprint density at radius 3 is 2.68 bits per heavy atom. The monoisotopic (exact) mass is 265 g/mol. The maximum Gasteiger partial charge on any atom is 0.408 e. The Morgan fingerprint density at radius 1 is 1.47 bits per heavy atom. The van der Waals surface area contributed by atoms with Gasteiger partial charge in [0.1, 0.15) is 5.60 Å². The van der Waals surface area contributed by atoms with E-state index in [4.69, 9.17) is 9.47 Å². The van der Waals surface area contributed by atoms with E-state index in [1.54, 1.807) is 0 Å². The molecule has 0 aromatic heterocycles. The quantitative estimate of drug-likeness (QED) is 0.798. The van der Waals surface area contributed by atoms with Crippen LogP contribution in [0.1, 0.15) is 34.1 Å². The number of hydrogen-bond acceptors (Lipinski definition) is 3. The van der Waals surface area contributed by atoms with E-state index < -0.39 is 11.1 Å². The van der Waals surface area contributed by atoms with E-state index in [9.17, 15) is 4.79 Å². The smallest absolute Gasteiger partial charge is 0.408 e. The Hall–Kier alpha value is -1.29. The molecule has 0 saturated carbocycles. The summed E-state index contributed by atoms with van der Waals surface area (Å²) in [5.41, 5.74) is -0.892. The fraction of sp³-hybridized carbons (Fsp3) is 0.667. The lowest BCUT2D eigenvalue weighted by Crippen LogP contribution is -2.54. The highest BCUT2D eigenvalue weighted by Gasteiger charge is 2.46. The van der Waals surface area contributed by atoms with Gasteiger partial charge in [0.25, 0.3) is 0 Å². The van der Waals surface area contributed by atoms with Gasteiger partial charge in [-0.05, 0) is 27.2 Å². The molecule has 4 heteroatoms. The Labute approximate surface area is 114 Å². The van der Waals surface area contributed by atoms with E-state index in [-0.39, 0.29) is 18.1 Å². The first kappa shape index (κ1) is 14.1. The van der Waals surface area contributed by atoms with E-state index in [2.05, 4.69) is 18.3 Å². The average molecular weight is 265 g/mol. The zero-order valence-corrected chi connectivity index (χ0v) is 12.1. The standard InChI is InChI=1S/C15H23NO3/c1-5-15(16-13(17)19-14(2,3)4)9-7-6-8-11(15)12-10-18-12/h6-9,11-12H,5,10H2,1-4H3,(H,16,17)/t11?,12?,15-/m0/s1. The molecule has 0 radical (unpaired) electrons. The molecule has 2 unspecified atom stereocenters. The van der Waals surface area contributed by atoms with E-state index in [1.807, 2.05) is 39.0 Å². The molecule has 0 aromatic carbocycles. The van der Waals surface area contributed by atoms with Gasteiger partial charge in [0.15, 0.2) is 0 Å². The number of alkyl carbamates (subject to hydrolysis) is 1. The molecule has 4 nitrogen and oxygen atoms in total. The van der Waals surface area contributed by atoms with Crippen LogP contribution in [0.2, 0.25) is 0 Å². The fourth-order valence-electron chi connectivity index (χ4n) is 2.47. The zero-order valence-electron chi connectivity index (χ0n) is 12.1. The second-order valence-corrected chi connectivity index (χ2v) is 6.16. The highest BCUT2D eigenvalue weighted by Crippen LogP contribution is 2.36. The van der Waals surface area contributed by atoms with Gasteiger partial charge in [-0.3, -0.25) is 0 Å². The Bertz CT molecular complexity index is 404. The van der Waals surface area contributed by atoms with E-state index in [1.165, 1.54) is 0 Å². The van der Waals surface area contributed by atoms with Crippen molar-refractivity contribution < 1.29 is 14.3 Å². The summed E-state index contributed by atoms with van der Waals surface area (Å²) in [5, 5.41) is 3.03. The zero-order chi connectivity index (χ0) is 14.1. The third kappa shape index (κ3) is 3.38. The lowest BCUT2D eigenvalue weighted by atomic mass is 9.77. The maximum absolute atomic E-state index is 12.0. The van der Waals surface area contributed by atoms with Crippen molar-refractivity contribution in [3.05, 3.63) is 24.3 Å². The lowest BCUT2D eigenvalue weighted by molar-refractivity contribution is 0.0444. The van der Waals surface area contributed by atoms with Crippen LogP contribution in [-0.2, 0) is 9.47 Å². The number of nitrogens with one attached hydrogen (secondary N) is 1. The normalized spacial score (nSPS) is 33.1. The molecule has 1 aliphatic carbocycles. The van der Waals surface area contributed by atoms with Crippen LogP contribution in [0.25, 0.3) is 0 Å². The first-order chi connectivity index (χ1) is 8.86. The molecule has 1 amide bonds. The number of hydrogen-bond donors (Lipinski definition) is 1. The molecule has 3 atom stereocenters. The Morgan fingerprint density at radius 2 is 2.16 bits per heavy atom. The third-order valence-electron chi connectivity index (χ3n) is 3.50. The van der Waals surface area contributed by atoms with Gasteiger partial charge >= 0.3 is 6.09 Å². The number of allylic oxidation sites excluding steroid dienone is 2. The van der Waals surface area contributed by atoms with Crippen molar-refractivity contribution in [3.63, 3.8) is 0 Å². The van der Waals surface area contributed by atoms with Crippen LogP contribution in [-0.4, -0.2) is 29.9 Å². The minimum Gasteiger partial charge on any atom is -0.444 e. The summed E-state index contributed by atoms with van der Waals surface area (Å²) in [6.07, 6.45) is 8.77. The highest BCUT2D eigenvalue weighted by molar-refractivity contribution is 5.69. The molecule has 1 fully saturated rings.